The second-order valence-corrected chi connectivity index (χ2v) is 5.24. The molecule has 2 atom stereocenters. The van der Waals surface area contributed by atoms with Gasteiger partial charge in [-0.1, -0.05) is 0 Å². The van der Waals surface area contributed by atoms with Crippen molar-refractivity contribution < 1.29 is 14.6 Å². The molecule has 2 rings (SSSR count). The molecule has 0 aromatic carbocycles. The van der Waals surface area contributed by atoms with Crippen LogP contribution in [0, 0.1) is 0 Å². The summed E-state index contributed by atoms with van der Waals surface area (Å²) in [5.41, 5.74) is 1.35. The third-order valence-electron chi connectivity index (χ3n) is 3.41. The van der Waals surface area contributed by atoms with Crippen LogP contribution >= 0.6 is 0 Å². The molecule has 0 saturated carbocycles. The minimum Gasteiger partial charge on any atom is -0.394 e. The Bertz CT molecular complexity index is 478. The van der Waals surface area contributed by atoms with Crippen LogP contribution in [0.3, 0.4) is 0 Å². The number of anilines is 1. The van der Waals surface area contributed by atoms with Crippen LogP contribution in [0.2, 0.25) is 0 Å². The van der Waals surface area contributed by atoms with Gasteiger partial charge in [-0.15, -0.1) is 0 Å². The van der Waals surface area contributed by atoms with Gasteiger partial charge in [0, 0.05) is 38.6 Å². The molecule has 6 heteroatoms. The highest BCUT2D eigenvalue weighted by Gasteiger charge is 2.26. The van der Waals surface area contributed by atoms with E-state index < -0.39 is 0 Å². The van der Waals surface area contributed by atoms with Crippen LogP contribution < -0.4 is 4.90 Å². The third kappa shape index (κ3) is 3.08. The van der Waals surface area contributed by atoms with Crippen molar-refractivity contribution in [2.45, 2.75) is 19.1 Å². The largest absolute Gasteiger partial charge is 0.394 e. The smallest absolute Gasteiger partial charge is 0.272 e. The standard InChI is InChI=1S/C14H21N3O3/c1-10-9-20-12(8-18)7-17(10)11-4-5-15-13(6-11)14(19)16(2)3/h4-6,10,12,18H,7-9H2,1-3H3. The van der Waals surface area contributed by atoms with Crippen molar-refractivity contribution in [2.24, 2.45) is 0 Å². The number of carbonyl (C=O) groups excluding carboxylic acids is 1. The molecule has 1 saturated heterocycles. The molecule has 0 spiro atoms. The first-order valence-electron chi connectivity index (χ1n) is 6.69. The number of nitrogens with zero attached hydrogens (tertiary/aromatic N) is 3. The average Bonchev–Trinajstić information content (AvgIpc) is 2.47. The van der Waals surface area contributed by atoms with Crippen molar-refractivity contribution in [3.05, 3.63) is 24.0 Å². The first kappa shape index (κ1) is 14.7. The van der Waals surface area contributed by atoms with Gasteiger partial charge in [0.05, 0.1) is 19.3 Å². The van der Waals surface area contributed by atoms with Crippen LogP contribution in [0.25, 0.3) is 0 Å². The van der Waals surface area contributed by atoms with Crippen molar-refractivity contribution >= 4 is 11.6 Å². The first-order valence-corrected chi connectivity index (χ1v) is 6.69. The zero-order valence-electron chi connectivity index (χ0n) is 12.1. The molecule has 0 radical (unpaired) electrons. The number of carbonyl (C=O) groups is 1. The summed E-state index contributed by atoms with van der Waals surface area (Å²) in [6, 6.07) is 3.86. The fourth-order valence-corrected chi connectivity index (χ4v) is 2.23. The third-order valence-corrected chi connectivity index (χ3v) is 3.41. The number of hydrogen-bond donors (Lipinski definition) is 1. The zero-order valence-corrected chi connectivity index (χ0v) is 12.1. The molecule has 2 heterocycles. The molecular weight excluding hydrogens is 258 g/mol. The molecule has 1 amide bonds. The summed E-state index contributed by atoms with van der Waals surface area (Å²) in [4.78, 5) is 19.7. The lowest BCUT2D eigenvalue weighted by molar-refractivity contribution is -0.0103. The van der Waals surface area contributed by atoms with Gasteiger partial charge < -0.3 is 19.6 Å². The lowest BCUT2D eigenvalue weighted by Crippen LogP contribution is -2.49. The van der Waals surface area contributed by atoms with E-state index in [1.165, 1.54) is 4.90 Å². The Labute approximate surface area is 119 Å². The lowest BCUT2D eigenvalue weighted by atomic mass is 10.1. The van der Waals surface area contributed by atoms with Crippen molar-refractivity contribution in [1.29, 1.82) is 0 Å². The molecule has 1 aromatic rings. The van der Waals surface area contributed by atoms with Crippen LogP contribution in [0.1, 0.15) is 17.4 Å². The fourth-order valence-electron chi connectivity index (χ4n) is 2.23. The van der Waals surface area contributed by atoms with E-state index in [9.17, 15) is 9.90 Å². The van der Waals surface area contributed by atoms with Crippen molar-refractivity contribution in [2.75, 3.05) is 38.8 Å². The van der Waals surface area contributed by atoms with E-state index in [4.69, 9.17) is 4.74 Å². The van der Waals surface area contributed by atoms with Crippen LogP contribution in [0.15, 0.2) is 18.3 Å². The quantitative estimate of drug-likeness (QED) is 0.866. The second kappa shape index (κ2) is 6.19. The molecule has 20 heavy (non-hydrogen) atoms. The Morgan fingerprint density at radius 3 is 3.00 bits per heavy atom. The average molecular weight is 279 g/mol. The Balaban J connectivity index is 2.23. The van der Waals surface area contributed by atoms with Gasteiger partial charge >= 0.3 is 0 Å². The van der Waals surface area contributed by atoms with Gasteiger partial charge in [0.2, 0.25) is 0 Å². The maximum atomic E-state index is 12.0. The van der Waals surface area contributed by atoms with E-state index in [2.05, 4.69) is 16.8 Å². The summed E-state index contributed by atoms with van der Waals surface area (Å²) < 4.78 is 5.52. The highest BCUT2D eigenvalue weighted by molar-refractivity contribution is 5.92. The Morgan fingerprint density at radius 1 is 1.60 bits per heavy atom. The highest BCUT2D eigenvalue weighted by Crippen LogP contribution is 2.22. The number of rotatable bonds is 3. The van der Waals surface area contributed by atoms with Crippen molar-refractivity contribution in [3.63, 3.8) is 0 Å². The normalized spacial score (nSPS) is 22.7. The Morgan fingerprint density at radius 2 is 2.35 bits per heavy atom. The van der Waals surface area contributed by atoms with E-state index >= 15 is 0 Å². The number of hydrogen-bond acceptors (Lipinski definition) is 5. The van der Waals surface area contributed by atoms with Crippen LogP contribution in [-0.2, 0) is 4.74 Å². The predicted octanol–water partition coefficient (Wildman–Crippen LogP) is 0.369. The van der Waals surface area contributed by atoms with E-state index in [0.717, 1.165) is 5.69 Å². The topological polar surface area (TPSA) is 65.9 Å². The first-order chi connectivity index (χ1) is 9.52. The minimum absolute atomic E-state index is 0.00219. The van der Waals surface area contributed by atoms with Crippen LogP contribution in [-0.4, -0.2) is 66.9 Å². The molecule has 1 fully saturated rings. The molecule has 1 N–H and O–H groups in total. The molecule has 1 aliphatic rings. The Kier molecular flexibility index (Phi) is 4.57. The maximum Gasteiger partial charge on any atom is 0.272 e. The van der Waals surface area contributed by atoms with Gasteiger partial charge in [0.15, 0.2) is 0 Å². The van der Waals surface area contributed by atoms with Gasteiger partial charge in [-0.2, -0.15) is 0 Å². The SMILES string of the molecule is CC1COC(CO)CN1c1ccnc(C(=O)N(C)C)c1. The van der Waals surface area contributed by atoms with Crippen LogP contribution in [0.4, 0.5) is 5.69 Å². The summed E-state index contributed by atoms with van der Waals surface area (Å²) in [6.45, 7) is 3.22. The van der Waals surface area contributed by atoms with Gasteiger partial charge in [0.1, 0.15) is 5.69 Å². The number of aliphatic hydroxyl groups is 1. The minimum atomic E-state index is -0.188. The summed E-state index contributed by atoms with van der Waals surface area (Å²) in [7, 11) is 3.41. The number of amides is 1. The van der Waals surface area contributed by atoms with Crippen molar-refractivity contribution in [1.82, 2.24) is 9.88 Å². The predicted molar refractivity (Wildman–Crippen MR) is 75.9 cm³/mol. The lowest BCUT2D eigenvalue weighted by Gasteiger charge is -2.39. The molecule has 6 nitrogen and oxygen atoms in total. The molecule has 1 aromatic heterocycles. The maximum absolute atomic E-state index is 12.0. The van der Waals surface area contributed by atoms with Gasteiger partial charge in [-0.25, -0.2) is 0 Å². The molecule has 0 aliphatic carbocycles. The molecular formula is C14H21N3O3. The molecule has 1 aliphatic heterocycles. The highest BCUT2D eigenvalue weighted by atomic mass is 16.5. The zero-order chi connectivity index (χ0) is 14.7. The van der Waals surface area contributed by atoms with E-state index in [1.807, 2.05) is 6.07 Å². The summed E-state index contributed by atoms with van der Waals surface area (Å²) >= 11 is 0. The monoisotopic (exact) mass is 279 g/mol. The number of aliphatic hydroxyl groups excluding tert-OH is 1. The number of ether oxygens (including phenoxy) is 1. The Hall–Kier alpha value is -1.66. The summed E-state index contributed by atoms with van der Waals surface area (Å²) in [6.07, 6.45) is 1.45. The number of aromatic nitrogens is 1. The number of pyridine rings is 1. The summed E-state index contributed by atoms with van der Waals surface area (Å²) in [5, 5.41) is 9.23. The molecule has 110 valence electrons. The fraction of sp³-hybridized carbons (Fsp3) is 0.571. The van der Waals surface area contributed by atoms with Gasteiger partial charge in [-0.05, 0) is 19.1 Å². The second-order valence-electron chi connectivity index (χ2n) is 5.24. The van der Waals surface area contributed by atoms with E-state index in [1.54, 1.807) is 26.4 Å². The van der Waals surface area contributed by atoms with E-state index in [-0.39, 0.29) is 24.7 Å². The summed E-state index contributed by atoms with van der Waals surface area (Å²) in [5.74, 6) is -0.119. The molecule has 2 unspecified atom stereocenters. The van der Waals surface area contributed by atoms with E-state index in [0.29, 0.717) is 18.8 Å². The van der Waals surface area contributed by atoms with Gasteiger partial charge in [-0.3, -0.25) is 9.78 Å². The van der Waals surface area contributed by atoms with Crippen LogP contribution in [0.5, 0.6) is 0 Å². The van der Waals surface area contributed by atoms with Gasteiger partial charge in [0.25, 0.3) is 5.91 Å². The number of morpholine rings is 1. The molecule has 0 bridgehead atoms. The van der Waals surface area contributed by atoms with Crippen molar-refractivity contribution in [3.8, 4) is 0 Å².